The van der Waals surface area contributed by atoms with Crippen LogP contribution in [0.5, 0.6) is 0 Å². The number of benzene rings is 1. The van der Waals surface area contributed by atoms with E-state index in [0.29, 0.717) is 17.1 Å². The van der Waals surface area contributed by atoms with Crippen molar-refractivity contribution in [3.63, 3.8) is 0 Å². The van der Waals surface area contributed by atoms with Crippen molar-refractivity contribution in [2.75, 3.05) is 16.4 Å². The average molecular weight is 223 g/mol. The number of nitrogens with zero attached hydrogens (tertiary/aromatic N) is 1. The predicted octanol–water partition coefficient (Wildman–Crippen LogP) is 2.13. The van der Waals surface area contributed by atoms with Crippen LogP contribution in [0.15, 0.2) is 18.2 Å². The number of nitrogens with two attached hydrogens (primary N) is 2. The van der Waals surface area contributed by atoms with Gasteiger partial charge >= 0.3 is 6.09 Å². The van der Waals surface area contributed by atoms with Crippen molar-refractivity contribution in [1.82, 2.24) is 0 Å². The third-order valence-electron chi connectivity index (χ3n) is 2.08. The Morgan fingerprint density at radius 3 is 1.94 bits per heavy atom. The van der Waals surface area contributed by atoms with Gasteiger partial charge in [-0.1, -0.05) is 0 Å². The van der Waals surface area contributed by atoms with E-state index in [1.807, 2.05) is 0 Å². The first kappa shape index (κ1) is 12.2. The molecule has 0 aliphatic rings. The molecule has 0 aliphatic heterocycles. The Morgan fingerprint density at radius 1 is 1.19 bits per heavy atom. The van der Waals surface area contributed by atoms with Gasteiger partial charge in [0.05, 0.1) is 5.69 Å². The highest BCUT2D eigenvalue weighted by atomic mass is 16.4. The van der Waals surface area contributed by atoms with Crippen molar-refractivity contribution in [1.29, 1.82) is 0 Å². The second kappa shape index (κ2) is 3.92. The molecule has 0 saturated heterocycles. The number of amides is 1. The molecule has 5 nitrogen and oxygen atoms in total. The van der Waals surface area contributed by atoms with Crippen LogP contribution in [0.3, 0.4) is 0 Å². The van der Waals surface area contributed by atoms with Crippen LogP contribution in [0.2, 0.25) is 0 Å². The number of anilines is 3. The number of nitrogen functional groups attached to an aromatic ring is 2. The Hall–Kier alpha value is -1.91. The second-order valence-corrected chi connectivity index (χ2v) is 4.65. The molecular weight excluding hydrogens is 206 g/mol. The Labute approximate surface area is 94.7 Å². The Bertz CT molecular complexity index is 390. The summed E-state index contributed by atoms with van der Waals surface area (Å²) < 4.78 is 0. The highest BCUT2D eigenvalue weighted by Crippen LogP contribution is 2.28. The van der Waals surface area contributed by atoms with Crippen molar-refractivity contribution in [2.45, 2.75) is 26.3 Å². The molecule has 0 aromatic heterocycles. The van der Waals surface area contributed by atoms with Gasteiger partial charge in [0.15, 0.2) is 0 Å². The zero-order chi connectivity index (χ0) is 12.5. The van der Waals surface area contributed by atoms with Crippen LogP contribution in [-0.2, 0) is 0 Å². The minimum atomic E-state index is -1.03. The van der Waals surface area contributed by atoms with Crippen LogP contribution in [0, 0.1) is 0 Å². The summed E-state index contributed by atoms with van der Waals surface area (Å²) in [5, 5.41) is 9.19. The summed E-state index contributed by atoms with van der Waals surface area (Å²) in [6.07, 6.45) is -1.03. The molecule has 0 unspecified atom stereocenters. The molecule has 1 aromatic carbocycles. The van der Waals surface area contributed by atoms with Crippen molar-refractivity contribution in [2.24, 2.45) is 0 Å². The zero-order valence-electron chi connectivity index (χ0n) is 9.69. The molecule has 5 N–H and O–H groups in total. The van der Waals surface area contributed by atoms with Crippen LogP contribution < -0.4 is 16.4 Å². The predicted molar refractivity (Wildman–Crippen MR) is 65.5 cm³/mol. The molecule has 0 saturated carbocycles. The first-order chi connectivity index (χ1) is 7.21. The van der Waals surface area contributed by atoms with Gasteiger partial charge in [-0.15, -0.1) is 0 Å². The van der Waals surface area contributed by atoms with Gasteiger partial charge in [0.1, 0.15) is 0 Å². The summed E-state index contributed by atoms with van der Waals surface area (Å²) in [4.78, 5) is 12.4. The smallest absolute Gasteiger partial charge is 0.412 e. The number of hydrogen-bond acceptors (Lipinski definition) is 3. The van der Waals surface area contributed by atoms with Gasteiger partial charge in [0.2, 0.25) is 0 Å². The fourth-order valence-corrected chi connectivity index (χ4v) is 1.57. The van der Waals surface area contributed by atoms with Gasteiger partial charge in [-0.05, 0) is 39.0 Å². The van der Waals surface area contributed by atoms with Crippen LogP contribution in [0.25, 0.3) is 0 Å². The number of hydrogen-bond donors (Lipinski definition) is 3. The molecule has 0 atom stereocenters. The molecule has 0 fully saturated rings. The van der Waals surface area contributed by atoms with Gasteiger partial charge in [0, 0.05) is 16.9 Å². The lowest BCUT2D eigenvalue weighted by Gasteiger charge is -2.33. The summed E-state index contributed by atoms with van der Waals surface area (Å²) in [5.74, 6) is 0. The molecule has 1 aromatic rings. The minimum Gasteiger partial charge on any atom is -0.465 e. The Morgan fingerprint density at radius 2 is 1.62 bits per heavy atom. The van der Waals surface area contributed by atoms with Crippen molar-refractivity contribution >= 4 is 23.2 Å². The SMILES string of the molecule is CC(C)(C)N(C(=O)O)c1cc(N)cc(N)c1. The van der Waals surface area contributed by atoms with E-state index in [2.05, 4.69) is 0 Å². The molecule has 0 aliphatic carbocycles. The monoisotopic (exact) mass is 223 g/mol. The summed E-state index contributed by atoms with van der Waals surface area (Å²) in [5.41, 5.74) is 12.1. The lowest BCUT2D eigenvalue weighted by atomic mass is 10.1. The largest absolute Gasteiger partial charge is 0.465 e. The zero-order valence-corrected chi connectivity index (χ0v) is 9.69. The Balaban J connectivity index is 3.27. The molecule has 16 heavy (non-hydrogen) atoms. The molecule has 1 rings (SSSR count). The van der Waals surface area contributed by atoms with Gasteiger partial charge < -0.3 is 16.6 Å². The van der Waals surface area contributed by atoms with Gasteiger partial charge in [-0.3, -0.25) is 4.90 Å². The molecule has 0 spiro atoms. The molecule has 1 amide bonds. The standard InChI is InChI=1S/C11H17N3O2/c1-11(2,3)14(10(15)16)9-5-7(12)4-8(13)6-9/h4-6H,12-13H2,1-3H3,(H,15,16). The van der Waals surface area contributed by atoms with E-state index >= 15 is 0 Å². The first-order valence-corrected chi connectivity index (χ1v) is 4.91. The number of rotatable bonds is 1. The van der Waals surface area contributed by atoms with E-state index in [0.717, 1.165) is 0 Å². The third-order valence-corrected chi connectivity index (χ3v) is 2.08. The summed E-state index contributed by atoms with van der Waals surface area (Å²) in [6.45, 7) is 5.42. The van der Waals surface area contributed by atoms with Crippen molar-refractivity contribution in [3.05, 3.63) is 18.2 Å². The van der Waals surface area contributed by atoms with E-state index in [4.69, 9.17) is 11.5 Å². The molecule has 0 bridgehead atoms. The lowest BCUT2D eigenvalue weighted by Crippen LogP contribution is -2.45. The van der Waals surface area contributed by atoms with Gasteiger partial charge in [-0.2, -0.15) is 0 Å². The topological polar surface area (TPSA) is 92.6 Å². The Kier molecular flexibility index (Phi) is 2.98. The summed E-state index contributed by atoms with van der Waals surface area (Å²) >= 11 is 0. The van der Waals surface area contributed by atoms with Crippen LogP contribution in [0.4, 0.5) is 21.9 Å². The molecule has 0 radical (unpaired) electrons. The van der Waals surface area contributed by atoms with E-state index in [1.165, 1.54) is 4.90 Å². The number of carboxylic acid groups (broad SMARTS) is 1. The highest BCUT2D eigenvalue weighted by molar-refractivity contribution is 5.89. The lowest BCUT2D eigenvalue weighted by molar-refractivity contribution is 0.195. The van der Waals surface area contributed by atoms with Crippen LogP contribution in [-0.4, -0.2) is 16.7 Å². The maximum Gasteiger partial charge on any atom is 0.412 e. The summed E-state index contributed by atoms with van der Waals surface area (Å²) in [6, 6.07) is 4.78. The fourth-order valence-electron chi connectivity index (χ4n) is 1.57. The van der Waals surface area contributed by atoms with E-state index in [1.54, 1.807) is 39.0 Å². The quantitative estimate of drug-likeness (QED) is 0.636. The fraction of sp³-hybridized carbons (Fsp3) is 0.364. The van der Waals surface area contributed by atoms with Gasteiger partial charge in [0.25, 0.3) is 0 Å². The maximum atomic E-state index is 11.2. The van der Waals surface area contributed by atoms with Crippen molar-refractivity contribution in [3.8, 4) is 0 Å². The van der Waals surface area contributed by atoms with Crippen molar-refractivity contribution < 1.29 is 9.90 Å². The molecule has 88 valence electrons. The van der Waals surface area contributed by atoms with E-state index < -0.39 is 11.6 Å². The van der Waals surface area contributed by atoms with E-state index in [9.17, 15) is 9.90 Å². The number of carbonyl (C=O) groups is 1. The first-order valence-electron chi connectivity index (χ1n) is 4.91. The molecular formula is C11H17N3O2. The second-order valence-electron chi connectivity index (χ2n) is 4.65. The average Bonchev–Trinajstić information content (AvgIpc) is 1.96. The van der Waals surface area contributed by atoms with E-state index in [-0.39, 0.29) is 0 Å². The highest BCUT2D eigenvalue weighted by Gasteiger charge is 2.28. The molecule has 5 heteroatoms. The minimum absolute atomic E-state index is 0.450. The van der Waals surface area contributed by atoms with Gasteiger partial charge in [-0.25, -0.2) is 4.79 Å². The summed E-state index contributed by atoms with van der Waals surface area (Å²) in [7, 11) is 0. The van der Waals surface area contributed by atoms with Crippen LogP contribution in [0.1, 0.15) is 20.8 Å². The molecule has 0 heterocycles. The normalized spacial score (nSPS) is 11.2. The van der Waals surface area contributed by atoms with Crippen LogP contribution >= 0.6 is 0 Å². The maximum absolute atomic E-state index is 11.2. The third kappa shape index (κ3) is 2.56.